The van der Waals surface area contributed by atoms with Gasteiger partial charge in [-0.1, -0.05) is 26.0 Å². The molecule has 1 aromatic carbocycles. The van der Waals surface area contributed by atoms with E-state index in [1.165, 1.54) is 11.2 Å². The van der Waals surface area contributed by atoms with Gasteiger partial charge in [-0.05, 0) is 42.7 Å². The molecule has 148 valence electrons. The third-order valence-corrected chi connectivity index (χ3v) is 4.60. The summed E-state index contributed by atoms with van der Waals surface area (Å²) in [6.45, 7) is 6.56. The van der Waals surface area contributed by atoms with Crippen LogP contribution in [0.1, 0.15) is 44.6 Å². The van der Waals surface area contributed by atoms with Gasteiger partial charge >= 0.3 is 0 Å². The second-order valence-corrected chi connectivity index (χ2v) is 7.21. The average molecular weight is 383 g/mol. The Hall–Kier alpha value is -3.02. The van der Waals surface area contributed by atoms with E-state index in [1.54, 1.807) is 12.1 Å². The van der Waals surface area contributed by atoms with Crippen LogP contribution in [0.4, 0.5) is 0 Å². The standard InChI is InChI=1S/C22H25NO5/c1-4-27-16-9-7-15(8-10-16)13-23-20(18-6-5-11-28-18)19(21(25)22(23)26)17(24)12-14(2)3/h5-11,14,20,25H,4,12-13H2,1-3H3. The fourth-order valence-electron chi connectivity index (χ4n) is 3.38. The number of nitrogens with zero attached hydrogens (tertiary/aromatic N) is 1. The Morgan fingerprint density at radius 3 is 2.54 bits per heavy atom. The minimum absolute atomic E-state index is 0.111. The van der Waals surface area contributed by atoms with E-state index >= 15 is 0 Å². The van der Waals surface area contributed by atoms with Crippen molar-refractivity contribution in [2.75, 3.05) is 6.61 Å². The van der Waals surface area contributed by atoms with Gasteiger partial charge in [-0.15, -0.1) is 0 Å². The first-order chi connectivity index (χ1) is 13.4. The van der Waals surface area contributed by atoms with Crippen molar-refractivity contribution < 1.29 is 23.8 Å². The molecule has 2 aromatic rings. The van der Waals surface area contributed by atoms with Gasteiger partial charge in [-0.2, -0.15) is 0 Å². The smallest absolute Gasteiger partial charge is 0.290 e. The predicted octanol–water partition coefficient (Wildman–Crippen LogP) is 4.19. The molecule has 1 atom stereocenters. The highest BCUT2D eigenvalue weighted by molar-refractivity contribution is 6.08. The normalized spacial score (nSPS) is 16.9. The Labute approximate surface area is 164 Å². The van der Waals surface area contributed by atoms with Crippen LogP contribution in [0.2, 0.25) is 0 Å². The zero-order valence-corrected chi connectivity index (χ0v) is 16.3. The third kappa shape index (κ3) is 3.96. The van der Waals surface area contributed by atoms with E-state index in [2.05, 4.69) is 0 Å². The molecule has 1 amide bonds. The number of ketones is 1. The lowest BCUT2D eigenvalue weighted by molar-refractivity contribution is -0.130. The van der Waals surface area contributed by atoms with Gasteiger partial charge in [0, 0.05) is 13.0 Å². The number of carbonyl (C=O) groups excluding carboxylic acids is 2. The van der Waals surface area contributed by atoms with Gasteiger partial charge in [-0.3, -0.25) is 9.59 Å². The quantitative estimate of drug-likeness (QED) is 0.739. The number of Topliss-reactive ketones (excluding diaryl/α,β-unsaturated/α-hetero) is 1. The maximum absolute atomic E-state index is 12.8. The molecular weight excluding hydrogens is 358 g/mol. The van der Waals surface area contributed by atoms with E-state index in [-0.39, 0.29) is 30.2 Å². The summed E-state index contributed by atoms with van der Waals surface area (Å²) in [7, 11) is 0. The summed E-state index contributed by atoms with van der Waals surface area (Å²) in [6.07, 6.45) is 1.75. The molecule has 0 saturated carbocycles. The molecular formula is C22H25NO5. The van der Waals surface area contributed by atoms with Crippen LogP contribution in [0.5, 0.6) is 5.75 Å². The molecule has 0 aliphatic carbocycles. The summed E-state index contributed by atoms with van der Waals surface area (Å²) < 4.78 is 11.0. The number of hydrogen-bond acceptors (Lipinski definition) is 5. The summed E-state index contributed by atoms with van der Waals surface area (Å²) in [5.41, 5.74) is 0.971. The molecule has 1 aliphatic heterocycles. The van der Waals surface area contributed by atoms with Crippen molar-refractivity contribution in [3.05, 3.63) is 65.3 Å². The SMILES string of the molecule is CCOc1ccc(CN2C(=O)C(O)=C(C(=O)CC(C)C)C2c2ccco2)cc1. The number of rotatable bonds is 8. The van der Waals surface area contributed by atoms with Gasteiger partial charge in [-0.25, -0.2) is 0 Å². The van der Waals surface area contributed by atoms with Crippen LogP contribution in [0.25, 0.3) is 0 Å². The molecule has 3 rings (SSSR count). The van der Waals surface area contributed by atoms with Crippen molar-refractivity contribution in [2.45, 2.75) is 39.8 Å². The van der Waals surface area contributed by atoms with Gasteiger partial charge in [0.1, 0.15) is 17.6 Å². The van der Waals surface area contributed by atoms with Gasteiger partial charge in [0.15, 0.2) is 11.5 Å². The Morgan fingerprint density at radius 2 is 1.96 bits per heavy atom. The number of ether oxygens (including phenoxy) is 1. The van der Waals surface area contributed by atoms with Crippen LogP contribution in [0.15, 0.2) is 58.4 Å². The highest BCUT2D eigenvalue weighted by atomic mass is 16.5. The maximum atomic E-state index is 12.8. The summed E-state index contributed by atoms with van der Waals surface area (Å²) in [5, 5.41) is 10.5. The van der Waals surface area contributed by atoms with Gasteiger partial charge in [0.2, 0.25) is 0 Å². The monoisotopic (exact) mass is 383 g/mol. The van der Waals surface area contributed by atoms with Crippen LogP contribution in [-0.2, 0) is 16.1 Å². The molecule has 0 fully saturated rings. The number of aliphatic hydroxyl groups is 1. The highest BCUT2D eigenvalue weighted by Crippen LogP contribution is 2.39. The minimum atomic E-state index is -0.736. The van der Waals surface area contributed by atoms with E-state index in [9.17, 15) is 14.7 Å². The van der Waals surface area contributed by atoms with Crippen molar-refractivity contribution in [1.29, 1.82) is 0 Å². The fourth-order valence-corrected chi connectivity index (χ4v) is 3.38. The summed E-state index contributed by atoms with van der Waals surface area (Å²) >= 11 is 0. The first-order valence-electron chi connectivity index (χ1n) is 9.44. The maximum Gasteiger partial charge on any atom is 0.290 e. The fraction of sp³-hybridized carbons (Fsp3) is 0.364. The largest absolute Gasteiger partial charge is 0.503 e. The minimum Gasteiger partial charge on any atom is -0.503 e. The molecule has 28 heavy (non-hydrogen) atoms. The van der Waals surface area contributed by atoms with Crippen molar-refractivity contribution in [2.24, 2.45) is 5.92 Å². The van der Waals surface area contributed by atoms with Crippen LogP contribution >= 0.6 is 0 Å². The van der Waals surface area contributed by atoms with Crippen molar-refractivity contribution in [3.8, 4) is 5.75 Å². The zero-order valence-electron chi connectivity index (χ0n) is 16.3. The molecule has 6 heteroatoms. The molecule has 1 N–H and O–H groups in total. The second kappa shape index (κ2) is 8.33. The molecule has 6 nitrogen and oxygen atoms in total. The predicted molar refractivity (Wildman–Crippen MR) is 104 cm³/mol. The second-order valence-electron chi connectivity index (χ2n) is 7.21. The molecule has 2 heterocycles. The van der Waals surface area contributed by atoms with Crippen molar-refractivity contribution in [3.63, 3.8) is 0 Å². The summed E-state index contributed by atoms with van der Waals surface area (Å²) in [4.78, 5) is 27.0. The topological polar surface area (TPSA) is 80.0 Å². The van der Waals surface area contributed by atoms with Crippen LogP contribution < -0.4 is 4.74 Å². The molecule has 1 aliphatic rings. The lowest BCUT2D eigenvalue weighted by Gasteiger charge is -2.25. The molecule has 0 spiro atoms. The van der Waals surface area contributed by atoms with Crippen LogP contribution in [0, 0.1) is 5.92 Å². The van der Waals surface area contributed by atoms with Crippen LogP contribution in [0.3, 0.4) is 0 Å². The zero-order chi connectivity index (χ0) is 20.3. The van der Waals surface area contributed by atoms with E-state index in [0.717, 1.165) is 11.3 Å². The average Bonchev–Trinajstić information content (AvgIpc) is 3.25. The Balaban J connectivity index is 1.92. The highest BCUT2D eigenvalue weighted by Gasteiger charge is 2.44. The number of amides is 1. The van der Waals surface area contributed by atoms with E-state index in [4.69, 9.17) is 9.15 Å². The van der Waals surface area contributed by atoms with Gasteiger partial charge in [0.05, 0.1) is 18.4 Å². The first-order valence-corrected chi connectivity index (χ1v) is 9.44. The Bertz CT molecular complexity index is 865. The van der Waals surface area contributed by atoms with E-state index in [1.807, 2.05) is 45.0 Å². The molecule has 0 bridgehead atoms. The lowest BCUT2D eigenvalue weighted by Crippen LogP contribution is -2.30. The van der Waals surface area contributed by atoms with E-state index in [0.29, 0.717) is 12.4 Å². The molecule has 0 radical (unpaired) electrons. The Kier molecular flexibility index (Phi) is 5.87. The number of carbonyl (C=O) groups is 2. The van der Waals surface area contributed by atoms with Gasteiger partial charge in [0.25, 0.3) is 5.91 Å². The Morgan fingerprint density at radius 1 is 1.25 bits per heavy atom. The number of hydrogen-bond donors (Lipinski definition) is 1. The number of furan rings is 1. The lowest BCUT2D eigenvalue weighted by atomic mass is 9.95. The number of benzene rings is 1. The van der Waals surface area contributed by atoms with Crippen LogP contribution in [-0.4, -0.2) is 28.3 Å². The van der Waals surface area contributed by atoms with E-state index < -0.39 is 17.7 Å². The third-order valence-electron chi connectivity index (χ3n) is 4.60. The molecule has 0 saturated heterocycles. The number of aliphatic hydroxyl groups excluding tert-OH is 1. The molecule has 1 unspecified atom stereocenters. The molecule has 1 aromatic heterocycles. The first kappa shape index (κ1) is 19.7. The summed E-state index contributed by atoms with van der Waals surface area (Å²) in [5.74, 6) is 0.0166. The van der Waals surface area contributed by atoms with Crippen molar-refractivity contribution >= 4 is 11.7 Å². The van der Waals surface area contributed by atoms with Crippen molar-refractivity contribution in [1.82, 2.24) is 4.90 Å². The summed E-state index contributed by atoms with van der Waals surface area (Å²) in [6, 6.07) is 10.1. The van der Waals surface area contributed by atoms with Gasteiger partial charge < -0.3 is 19.2 Å².